The van der Waals surface area contributed by atoms with Crippen LogP contribution in [0.4, 0.5) is 0 Å². The molecule has 2 N–H and O–H groups in total. The molecule has 0 aliphatic carbocycles. The molecular formula is C36H42N2O5. The van der Waals surface area contributed by atoms with Gasteiger partial charge in [-0.1, -0.05) is 103 Å². The SMILES string of the molecule is C=CC[C@@H](CC(=O)N(CCO)Cc1ccccc1)C(=O)N[C@H](COC(=O)[C@@H](CC=C)Cc1ccccc1)c1ccccc1. The molecule has 43 heavy (non-hydrogen) atoms. The van der Waals surface area contributed by atoms with E-state index in [0.29, 0.717) is 19.4 Å². The second-order valence-corrected chi connectivity index (χ2v) is 10.5. The number of carbonyl (C=O) groups excluding carboxylic acids is 3. The molecule has 7 heteroatoms. The molecule has 0 saturated carbocycles. The van der Waals surface area contributed by atoms with Crippen LogP contribution in [0.25, 0.3) is 0 Å². The molecule has 0 saturated heterocycles. The highest BCUT2D eigenvalue weighted by molar-refractivity contribution is 5.86. The smallest absolute Gasteiger partial charge is 0.309 e. The molecule has 0 aliphatic heterocycles. The standard InChI is InChI=1S/C36H42N2O5/c1-3-14-31(25-34(40)38(22-23-39)26-29-18-10-6-11-19-29)35(41)37-33(30-20-12-7-13-21-30)27-43-36(42)32(15-4-2)24-28-16-8-5-9-17-28/h3-13,16-21,31-33,39H,1-2,14-15,22-27H2,(H,37,41)/t31-,32-,33+/m0/s1. The summed E-state index contributed by atoms with van der Waals surface area (Å²) < 4.78 is 5.78. The molecule has 3 atom stereocenters. The first kappa shape index (κ1) is 33.0. The van der Waals surface area contributed by atoms with Crippen LogP contribution in [0, 0.1) is 11.8 Å². The third-order valence-electron chi connectivity index (χ3n) is 7.20. The Balaban J connectivity index is 1.71. The summed E-state index contributed by atoms with van der Waals surface area (Å²) >= 11 is 0. The first-order valence-electron chi connectivity index (χ1n) is 14.6. The van der Waals surface area contributed by atoms with Crippen molar-refractivity contribution in [1.82, 2.24) is 10.2 Å². The van der Waals surface area contributed by atoms with Gasteiger partial charge in [-0.3, -0.25) is 14.4 Å². The Hall–Kier alpha value is -4.49. The van der Waals surface area contributed by atoms with E-state index >= 15 is 0 Å². The lowest BCUT2D eigenvalue weighted by atomic mass is 9.96. The van der Waals surface area contributed by atoms with Gasteiger partial charge in [-0.25, -0.2) is 0 Å². The zero-order valence-electron chi connectivity index (χ0n) is 24.6. The van der Waals surface area contributed by atoms with Crippen LogP contribution in [0.2, 0.25) is 0 Å². The molecule has 0 aliphatic rings. The molecule has 0 aromatic heterocycles. The highest BCUT2D eigenvalue weighted by Crippen LogP contribution is 2.21. The number of nitrogens with one attached hydrogen (secondary N) is 1. The van der Waals surface area contributed by atoms with E-state index in [4.69, 9.17) is 4.74 Å². The topological polar surface area (TPSA) is 95.9 Å². The quantitative estimate of drug-likeness (QED) is 0.154. The Bertz CT molecular complexity index is 1300. The predicted octanol–water partition coefficient (Wildman–Crippen LogP) is 5.43. The number of hydrogen-bond acceptors (Lipinski definition) is 5. The Labute approximate surface area is 254 Å². The lowest BCUT2D eigenvalue weighted by Crippen LogP contribution is -2.40. The predicted molar refractivity (Wildman–Crippen MR) is 169 cm³/mol. The molecule has 3 rings (SSSR count). The van der Waals surface area contributed by atoms with Crippen molar-refractivity contribution in [2.75, 3.05) is 19.8 Å². The van der Waals surface area contributed by atoms with E-state index in [-0.39, 0.29) is 50.4 Å². The number of allylic oxidation sites excluding steroid dienone is 2. The number of rotatable bonds is 18. The maximum Gasteiger partial charge on any atom is 0.309 e. The highest BCUT2D eigenvalue weighted by atomic mass is 16.5. The van der Waals surface area contributed by atoms with E-state index in [1.165, 1.54) is 0 Å². The minimum atomic E-state index is -0.685. The van der Waals surface area contributed by atoms with Crippen molar-refractivity contribution in [3.8, 4) is 0 Å². The van der Waals surface area contributed by atoms with E-state index in [9.17, 15) is 19.5 Å². The molecule has 7 nitrogen and oxygen atoms in total. The van der Waals surface area contributed by atoms with Gasteiger partial charge in [0.1, 0.15) is 6.61 Å². The summed E-state index contributed by atoms with van der Waals surface area (Å²) in [6.45, 7) is 7.83. The summed E-state index contributed by atoms with van der Waals surface area (Å²) in [7, 11) is 0. The summed E-state index contributed by atoms with van der Waals surface area (Å²) in [5.74, 6) is -2.03. The average Bonchev–Trinajstić information content (AvgIpc) is 3.03. The summed E-state index contributed by atoms with van der Waals surface area (Å²) in [6.07, 6.45) is 4.55. The van der Waals surface area contributed by atoms with Crippen molar-refractivity contribution >= 4 is 17.8 Å². The number of esters is 1. The number of aliphatic hydroxyl groups excluding tert-OH is 1. The third kappa shape index (κ3) is 11.0. The monoisotopic (exact) mass is 582 g/mol. The number of carbonyl (C=O) groups is 3. The second-order valence-electron chi connectivity index (χ2n) is 10.5. The van der Waals surface area contributed by atoms with Gasteiger partial charge in [0.2, 0.25) is 11.8 Å². The minimum absolute atomic E-state index is 0.0511. The minimum Gasteiger partial charge on any atom is -0.463 e. The lowest BCUT2D eigenvalue weighted by Gasteiger charge is -2.26. The molecule has 3 aromatic rings. The van der Waals surface area contributed by atoms with Crippen molar-refractivity contribution in [3.05, 3.63) is 133 Å². The summed E-state index contributed by atoms with van der Waals surface area (Å²) in [6, 6.07) is 27.9. The van der Waals surface area contributed by atoms with Crippen molar-refractivity contribution in [2.24, 2.45) is 11.8 Å². The Morgan fingerprint density at radius 3 is 1.95 bits per heavy atom. The largest absolute Gasteiger partial charge is 0.463 e. The van der Waals surface area contributed by atoms with E-state index in [2.05, 4.69) is 18.5 Å². The van der Waals surface area contributed by atoms with Gasteiger partial charge in [0, 0.05) is 19.5 Å². The summed E-state index contributed by atoms with van der Waals surface area (Å²) in [5, 5.41) is 12.6. The van der Waals surface area contributed by atoms with Gasteiger partial charge in [-0.15, -0.1) is 13.2 Å². The van der Waals surface area contributed by atoms with Crippen LogP contribution < -0.4 is 5.32 Å². The molecule has 2 amide bonds. The molecule has 0 fully saturated rings. The number of amides is 2. The van der Waals surface area contributed by atoms with Crippen LogP contribution in [-0.4, -0.2) is 47.5 Å². The first-order chi connectivity index (χ1) is 20.9. The van der Waals surface area contributed by atoms with Crippen LogP contribution in [0.5, 0.6) is 0 Å². The Morgan fingerprint density at radius 1 is 0.814 bits per heavy atom. The van der Waals surface area contributed by atoms with Crippen molar-refractivity contribution in [2.45, 2.75) is 38.3 Å². The zero-order chi connectivity index (χ0) is 30.9. The van der Waals surface area contributed by atoms with Gasteiger partial charge in [0.15, 0.2) is 0 Å². The molecule has 0 spiro atoms. The van der Waals surface area contributed by atoms with Crippen molar-refractivity contribution < 1.29 is 24.2 Å². The van der Waals surface area contributed by atoms with Crippen LogP contribution in [0.3, 0.4) is 0 Å². The van der Waals surface area contributed by atoms with Crippen LogP contribution in [-0.2, 0) is 32.1 Å². The molecule has 0 bridgehead atoms. The Morgan fingerprint density at radius 2 is 1.37 bits per heavy atom. The molecular weight excluding hydrogens is 540 g/mol. The van der Waals surface area contributed by atoms with Crippen LogP contribution >= 0.6 is 0 Å². The van der Waals surface area contributed by atoms with Crippen molar-refractivity contribution in [1.29, 1.82) is 0 Å². The van der Waals surface area contributed by atoms with Crippen molar-refractivity contribution in [3.63, 3.8) is 0 Å². The maximum absolute atomic E-state index is 13.6. The van der Waals surface area contributed by atoms with Crippen LogP contribution in [0.15, 0.2) is 116 Å². The molecule has 226 valence electrons. The van der Waals surface area contributed by atoms with Gasteiger partial charge in [-0.2, -0.15) is 0 Å². The molecule has 0 radical (unpaired) electrons. The second kappa shape index (κ2) is 18.1. The fourth-order valence-corrected chi connectivity index (χ4v) is 4.88. The van der Waals surface area contributed by atoms with Gasteiger partial charge >= 0.3 is 5.97 Å². The number of ether oxygens (including phenoxy) is 1. The van der Waals surface area contributed by atoms with E-state index in [1.54, 1.807) is 17.1 Å². The number of aliphatic hydroxyl groups is 1. The van der Waals surface area contributed by atoms with E-state index < -0.39 is 17.9 Å². The van der Waals surface area contributed by atoms with Crippen LogP contribution in [0.1, 0.15) is 42.0 Å². The van der Waals surface area contributed by atoms with E-state index in [1.807, 2.05) is 91.0 Å². The lowest BCUT2D eigenvalue weighted by molar-refractivity contribution is -0.150. The number of benzene rings is 3. The zero-order valence-corrected chi connectivity index (χ0v) is 24.6. The van der Waals surface area contributed by atoms with E-state index in [0.717, 1.165) is 16.7 Å². The number of nitrogens with zero attached hydrogens (tertiary/aromatic N) is 1. The molecule has 3 aromatic carbocycles. The van der Waals surface area contributed by atoms with Gasteiger partial charge in [0.25, 0.3) is 0 Å². The summed E-state index contributed by atoms with van der Waals surface area (Å²) in [5.41, 5.74) is 2.74. The highest BCUT2D eigenvalue weighted by Gasteiger charge is 2.28. The Kier molecular flexibility index (Phi) is 13.9. The summed E-state index contributed by atoms with van der Waals surface area (Å²) in [4.78, 5) is 41.6. The third-order valence-corrected chi connectivity index (χ3v) is 7.20. The first-order valence-corrected chi connectivity index (χ1v) is 14.6. The average molecular weight is 583 g/mol. The fraction of sp³-hybridized carbons (Fsp3) is 0.306. The molecule has 0 unspecified atom stereocenters. The molecule has 0 heterocycles. The van der Waals surface area contributed by atoms with Gasteiger partial charge in [0.05, 0.1) is 24.5 Å². The fourth-order valence-electron chi connectivity index (χ4n) is 4.88. The number of hydrogen-bond donors (Lipinski definition) is 2. The maximum atomic E-state index is 13.6. The van der Waals surface area contributed by atoms with Gasteiger partial charge < -0.3 is 20.1 Å². The normalized spacial score (nSPS) is 12.8. The van der Waals surface area contributed by atoms with Gasteiger partial charge in [-0.05, 0) is 36.0 Å².